The minimum absolute atomic E-state index is 0.542. The lowest BCUT2D eigenvalue weighted by Crippen LogP contribution is -2.43. The molecule has 0 N–H and O–H groups in total. The molecule has 172 valence electrons. The molecule has 2 aliphatic rings. The van der Waals surface area contributed by atoms with E-state index in [9.17, 15) is 0 Å². The number of methoxy groups -OCH3 is 5. The van der Waals surface area contributed by atoms with Crippen molar-refractivity contribution in [2.75, 3.05) is 48.6 Å². The summed E-state index contributed by atoms with van der Waals surface area (Å²) in [7, 11) is 8.32. The van der Waals surface area contributed by atoms with Crippen LogP contribution in [0.15, 0.2) is 30.3 Å². The highest BCUT2D eigenvalue weighted by molar-refractivity contribution is 5.95. The molecule has 2 aliphatic heterocycles. The Morgan fingerprint density at radius 2 is 1.44 bits per heavy atom. The zero-order valence-corrected chi connectivity index (χ0v) is 19.7. The highest BCUT2D eigenvalue weighted by Gasteiger charge is 2.33. The predicted molar refractivity (Wildman–Crippen MR) is 126 cm³/mol. The Hall–Kier alpha value is -2.86. The molecule has 6 nitrogen and oxygen atoms in total. The molecule has 2 heterocycles. The lowest BCUT2D eigenvalue weighted by molar-refractivity contribution is 0.165. The highest BCUT2D eigenvalue weighted by atomic mass is 16.5. The number of benzene rings is 2. The van der Waals surface area contributed by atoms with Crippen molar-refractivity contribution in [3.05, 3.63) is 41.5 Å². The Labute approximate surface area is 190 Å². The van der Waals surface area contributed by atoms with Crippen LogP contribution in [0.1, 0.15) is 36.8 Å². The van der Waals surface area contributed by atoms with Gasteiger partial charge >= 0.3 is 0 Å². The molecule has 0 amide bonds. The van der Waals surface area contributed by atoms with Gasteiger partial charge in [-0.15, -0.1) is 0 Å². The van der Waals surface area contributed by atoms with E-state index in [0.29, 0.717) is 23.3 Å². The van der Waals surface area contributed by atoms with Crippen LogP contribution in [0.2, 0.25) is 0 Å². The molecule has 0 bridgehead atoms. The monoisotopic (exact) mass is 439 g/mol. The SMILES string of the molecule is COc1ccc(C2=C(c3ccc(OC)c(OC)c3OC)CC3CCCCN3C2)cc1OC. The summed E-state index contributed by atoms with van der Waals surface area (Å²) >= 11 is 0. The second-order valence-corrected chi connectivity index (χ2v) is 8.23. The number of hydrogen-bond acceptors (Lipinski definition) is 6. The lowest BCUT2D eigenvalue weighted by atomic mass is 9.82. The molecule has 0 saturated carbocycles. The third kappa shape index (κ3) is 3.99. The van der Waals surface area contributed by atoms with Crippen LogP contribution in [0, 0.1) is 0 Å². The molecule has 32 heavy (non-hydrogen) atoms. The molecule has 2 aromatic rings. The number of ether oxygens (including phenoxy) is 5. The third-order valence-corrected chi connectivity index (χ3v) is 6.68. The molecule has 0 spiro atoms. The van der Waals surface area contributed by atoms with Gasteiger partial charge in [0.15, 0.2) is 23.0 Å². The molecule has 4 rings (SSSR count). The number of hydrogen-bond donors (Lipinski definition) is 0. The molecule has 1 atom stereocenters. The maximum atomic E-state index is 5.87. The van der Waals surface area contributed by atoms with E-state index in [4.69, 9.17) is 23.7 Å². The molecule has 0 aliphatic carbocycles. The Morgan fingerprint density at radius 1 is 0.719 bits per heavy atom. The van der Waals surface area contributed by atoms with E-state index in [-0.39, 0.29) is 0 Å². The van der Waals surface area contributed by atoms with Gasteiger partial charge in [0.1, 0.15) is 0 Å². The molecular weight excluding hydrogens is 406 g/mol. The summed E-state index contributed by atoms with van der Waals surface area (Å²) in [6.07, 6.45) is 4.72. The average Bonchev–Trinajstić information content (AvgIpc) is 2.86. The van der Waals surface area contributed by atoms with E-state index in [2.05, 4.69) is 23.1 Å². The quantitative estimate of drug-likeness (QED) is 0.612. The van der Waals surface area contributed by atoms with Crippen LogP contribution in [0.3, 0.4) is 0 Å². The van der Waals surface area contributed by atoms with E-state index in [1.807, 2.05) is 12.1 Å². The van der Waals surface area contributed by atoms with Gasteiger partial charge in [-0.2, -0.15) is 0 Å². The van der Waals surface area contributed by atoms with Crippen molar-refractivity contribution < 1.29 is 23.7 Å². The second kappa shape index (κ2) is 9.74. The van der Waals surface area contributed by atoms with Crippen molar-refractivity contribution in [3.8, 4) is 28.7 Å². The Kier molecular flexibility index (Phi) is 6.80. The highest BCUT2D eigenvalue weighted by Crippen LogP contribution is 2.48. The number of rotatable bonds is 7. The molecule has 1 saturated heterocycles. The fourth-order valence-electron chi connectivity index (χ4n) is 5.06. The Morgan fingerprint density at radius 3 is 2.12 bits per heavy atom. The van der Waals surface area contributed by atoms with Gasteiger partial charge in [0, 0.05) is 18.2 Å². The lowest BCUT2D eigenvalue weighted by Gasteiger charge is -2.41. The largest absolute Gasteiger partial charge is 0.493 e. The van der Waals surface area contributed by atoms with E-state index in [1.54, 1.807) is 35.5 Å². The van der Waals surface area contributed by atoms with Crippen molar-refractivity contribution in [2.45, 2.75) is 31.7 Å². The first-order valence-electron chi connectivity index (χ1n) is 11.1. The van der Waals surface area contributed by atoms with Crippen molar-refractivity contribution in [2.24, 2.45) is 0 Å². The zero-order chi connectivity index (χ0) is 22.7. The van der Waals surface area contributed by atoms with Crippen LogP contribution in [-0.4, -0.2) is 59.6 Å². The number of nitrogens with zero attached hydrogens (tertiary/aromatic N) is 1. The van der Waals surface area contributed by atoms with Gasteiger partial charge in [-0.05, 0) is 66.8 Å². The smallest absolute Gasteiger partial charge is 0.203 e. The summed E-state index contributed by atoms with van der Waals surface area (Å²) in [5.74, 6) is 3.46. The summed E-state index contributed by atoms with van der Waals surface area (Å²) in [6, 6.07) is 10.8. The van der Waals surface area contributed by atoms with Gasteiger partial charge in [0.2, 0.25) is 5.75 Å². The van der Waals surface area contributed by atoms with Crippen molar-refractivity contribution in [1.82, 2.24) is 4.90 Å². The van der Waals surface area contributed by atoms with Crippen molar-refractivity contribution in [1.29, 1.82) is 0 Å². The van der Waals surface area contributed by atoms with E-state index in [0.717, 1.165) is 42.1 Å². The molecule has 0 aromatic heterocycles. The van der Waals surface area contributed by atoms with Crippen LogP contribution >= 0.6 is 0 Å². The molecule has 6 heteroatoms. The van der Waals surface area contributed by atoms with E-state index < -0.39 is 0 Å². The molecular formula is C26H33NO5. The number of piperidine rings is 1. The fourth-order valence-corrected chi connectivity index (χ4v) is 5.06. The minimum atomic E-state index is 0.542. The summed E-state index contributed by atoms with van der Waals surface area (Å²) in [5, 5.41) is 0. The normalized spacial score (nSPS) is 18.7. The fraction of sp³-hybridized carbons (Fsp3) is 0.462. The topological polar surface area (TPSA) is 49.4 Å². The average molecular weight is 440 g/mol. The molecule has 1 unspecified atom stereocenters. The molecule has 2 aromatic carbocycles. The van der Waals surface area contributed by atoms with Gasteiger partial charge in [-0.25, -0.2) is 0 Å². The van der Waals surface area contributed by atoms with Crippen molar-refractivity contribution in [3.63, 3.8) is 0 Å². The van der Waals surface area contributed by atoms with Crippen LogP contribution in [0.4, 0.5) is 0 Å². The predicted octanol–water partition coefficient (Wildman–Crippen LogP) is 4.90. The van der Waals surface area contributed by atoms with Crippen LogP contribution in [0.25, 0.3) is 11.1 Å². The number of fused-ring (bicyclic) bond motifs is 1. The van der Waals surface area contributed by atoms with Gasteiger partial charge in [0.05, 0.1) is 35.5 Å². The van der Waals surface area contributed by atoms with Gasteiger partial charge in [-0.3, -0.25) is 4.90 Å². The van der Waals surface area contributed by atoms with Gasteiger partial charge in [0.25, 0.3) is 0 Å². The zero-order valence-electron chi connectivity index (χ0n) is 19.7. The first-order chi connectivity index (χ1) is 15.6. The van der Waals surface area contributed by atoms with Crippen LogP contribution in [-0.2, 0) is 0 Å². The first kappa shape index (κ1) is 22.3. The molecule has 0 radical (unpaired) electrons. The maximum absolute atomic E-state index is 5.87. The summed E-state index contributed by atoms with van der Waals surface area (Å²) in [6.45, 7) is 2.03. The van der Waals surface area contributed by atoms with E-state index >= 15 is 0 Å². The van der Waals surface area contributed by atoms with Crippen LogP contribution in [0.5, 0.6) is 28.7 Å². The standard InChI is InChI=1S/C26H33NO5/c1-28-22-11-9-17(14-24(22)30-3)21-16-27-13-7-6-8-18(27)15-20(21)19-10-12-23(29-2)26(32-5)25(19)31-4/h9-12,14,18H,6-8,13,15-16H2,1-5H3. The second-order valence-electron chi connectivity index (χ2n) is 8.23. The first-order valence-corrected chi connectivity index (χ1v) is 11.1. The minimum Gasteiger partial charge on any atom is -0.493 e. The summed E-state index contributed by atoms with van der Waals surface area (Å²) in [4.78, 5) is 2.62. The van der Waals surface area contributed by atoms with Gasteiger partial charge in [-0.1, -0.05) is 12.5 Å². The van der Waals surface area contributed by atoms with E-state index in [1.165, 1.54) is 30.4 Å². The summed E-state index contributed by atoms with van der Waals surface area (Å²) < 4.78 is 28.1. The third-order valence-electron chi connectivity index (χ3n) is 6.68. The Balaban J connectivity index is 1.91. The summed E-state index contributed by atoms with van der Waals surface area (Å²) in [5.41, 5.74) is 4.77. The van der Waals surface area contributed by atoms with Crippen molar-refractivity contribution >= 4 is 11.1 Å². The maximum Gasteiger partial charge on any atom is 0.203 e. The van der Waals surface area contributed by atoms with Gasteiger partial charge < -0.3 is 23.7 Å². The van der Waals surface area contributed by atoms with Crippen LogP contribution < -0.4 is 23.7 Å². The molecule has 1 fully saturated rings. The Bertz CT molecular complexity index is 1000.